The van der Waals surface area contributed by atoms with Crippen molar-refractivity contribution in [2.75, 3.05) is 20.2 Å². The number of aliphatic hydroxyl groups is 1. The molecule has 4 heteroatoms. The smallest absolute Gasteiger partial charge is 0.263 e. The van der Waals surface area contributed by atoms with E-state index in [-0.39, 0.29) is 12.5 Å². The molecule has 0 atom stereocenters. The van der Waals surface area contributed by atoms with Gasteiger partial charge in [-0.1, -0.05) is 6.07 Å². The van der Waals surface area contributed by atoms with Crippen molar-refractivity contribution in [3.05, 3.63) is 22.4 Å². The largest absolute Gasteiger partial charge is 0.395 e. The predicted octanol–water partition coefficient (Wildman–Crippen LogP) is 0.812. The van der Waals surface area contributed by atoms with E-state index < -0.39 is 0 Å². The van der Waals surface area contributed by atoms with Gasteiger partial charge in [-0.3, -0.25) is 4.79 Å². The second-order valence-electron chi connectivity index (χ2n) is 2.43. The van der Waals surface area contributed by atoms with Gasteiger partial charge in [-0.2, -0.15) is 0 Å². The number of carbonyl (C=O) groups is 1. The minimum atomic E-state index is -0.0287. The Morgan fingerprint density at radius 3 is 3.00 bits per heavy atom. The van der Waals surface area contributed by atoms with E-state index in [0.29, 0.717) is 11.4 Å². The van der Waals surface area contributed by atoms with Gasteiger partial charge in [-0.05, 0) is 11.4 Å². The van der Waals surface area contributed by atoms with Gasteiger partial charge < -0.3 is 10.0 Å². The van der Waals surface area contributed by atoms with Crippen molar-refractivity contribution in [3.8, 4) is 0 Å². The maximum Gasteiger partial charge on any atom is 0.263 e. The van der Waals surface area contributed by atoms with Crippen molar-refractivity contribution in [3.63, 3.8) is 0 Å². The molecule has 0 radical (unpaired) electrons. The van der Waals surface area contributed by atoms with Crippen molar-refractivity contribution in [1.29, 1.82) is 0 Å². The Hall–Kier alpha value is -0.870. The molecule has 66 valence electrons. The van der Waals surface area contributed by atoms with Crippen LogP contribution in [0.2, 0.25) is 0 Å². The summed E-state index contributed by atoms with van der Waals surface area (Å²) in [6.45, 7) is 0.393. The lowest BCUT2D eigenvalue weighted by molar-refractivity contribution is 0.0771. The number of hydrogen-bond acceptors (Lipinski definition) is 3. The first kappa shape index (κ1) is 9.22. The summed E-state index contributed by atoms with van der Waals surface area (Å²) < 4.78 is 0. The van der Waals surface area contributed by atoms with Crippen LogP contribution in [0.4, 0.5) is 0 Å². The van der Waals surface area contributed by atoms with Gasteiger partial charge in [0.2, 0.25) is 0 Å². The molecule has 0 bridgehead atoms. The standard InChI is InChI=1S/C8H11NO2S/c1-9(4-5-10)8(11)7-3-2-6-12-7/h2-3,6,10H,4-5H2,1H3. The Balaban J connectivity index is 2.59. The van der Waals surface area contributed by atoms with Crippen LogP contribution in [0.25, 0.3) is 0 Å². The maximum atomic E-state index is 11.4. The van der Waals surface area contributed by atoms with Crippen molar-refractivity contribution in [2.24, 2.45) is 0 Å². The van der Waals surface area contributed by atoms with E-state index in [9.17, 15) is 4.79 Å². The Morgan fingerprint density at radius 1 is 1.75 bits per heavy atom. The normalized spacial score (nSPS) is 9.83. The topological polar surface area (TPSA) is 40.5 Å². The van der Waals surface area contributed by atoms with Crippen LogP contribution in [0.15, 0.2) is 17.5 Å². The third kappa shape index (κ3) is 2.06. The molecule has 0 aliphatic carbocycles. The summed E-state index contributed by atoms with van der Waals surface area (Å²) >= 11 is 1.41. The predicted molar refractivity (Wildman–Crippen MR) is 48.4 cm³/mol. The van der Waals surface area contributed by atoms with E-state index in [4.69, 9.17) is 5.11 Å². The molecule has 1 aromatic rings. The summed E-state index contributed by atoms with van der Waals surface area (Å²) in [5.74, 6) is -0.0287. The average Bonchev–Trinajstić information content (AvgIpc) is 2.55. The molecular formula is C8H11NO2S. The molecule has 0 aliphatic heterocycles. The fourth-order valence-electron chi connectivity index (χ4n) is 0.840. The number of aliphatic hydroxyl groups excluding tert-OH is 1. The Morgan fingerprint density at radius 2 is 2.50 bits per heavy atom. The van der Waals surface area contributed by atoms with Crippen LogP contribution < -0.4 is 0 Å². The molecule has 1 rings (SSSR count). The molecule has 0 fully saturated rings. The van der Waals surface area contributed by atoms with Gasteiger partial charge in [-0.25, -0.2) is 0 Å². The molecule has 3 nitrogen and oxygen atoms in total. The molecule has 0 aromatic carbocycles. The quantitative estimate of drug-likeness (QED) is 0.757. The number of likely N-dealkylation sites (N-methyl/N-ethyl adjacent to an activating group) is 1. The SMILES string of the molecule is CN(CCO)C(=O)c1cccs1. The second-order valence-corrected chi connectivity index (χ2v) is 3.38. The third-order valence-corrected chi connectivity index (χ3v) is 2.37. The Kier molecular flexibility index (Phi) is 3.25. The molecule has 0 aliphatic rings. The zero-order valence-corrected chi connectivity index (χ0v) is 7.67. The highest BCUT2D eigenvalue weighted by Gasteiger charge is 2.10. The van der Waals surface area contributed by atoms with E-state index in [1.165, 1.54) is 16.2 Å². The minimum absolute atomic E-state index is 0.00755. The number of nitrogens with zero attached hydrogens (tertiary/aromatic N) is 1. The lowest BCUT2D eigenvalue weighted by atomic mass is 10.4. The fourth-order valence-corrected chi connectivity index (χ4v) is 1.56. The molecule has 12 heavy (non-hydrogen) atoms. The number of thiophene rings is 1. The summed E-state index contributed by atoms with van der Waals surface area (Å²) in [4.78, 5) is 13.6. The van der Waals surface area contributed by atoms with Crippen LogP contribution in [-0.4, -0.2) is 36.1 Å². The van der Waals surface area contributed by atoms with Gasteiger partial charge in [-0.15, -0.1) is 11.3 Å². The summed E-state index contributed by atoms with van der Waals surface area (Å²) in [5, 5.41) is 10.5. The van der Waals surface area contributed by atoms with Crippen LogP contribution in [0.1, 0.15) is 9.67 Å². The van der Waals surface area contributed by atoms with Crippen LogP contribution in [0.3, 0.4) is 0 Å². The number of hydrogen-bond donors (Lipinski definition) is 1. The molecular weight excluding hydrogens is 174 g/mol. The van der Waals surface area contributed by atoms with E-state index in [1.807, 2.05) is 11.4 Å². The minimum Gasteiger partial charge on any atom is -0.395 e. The van der Waals surface area contributed by atoms with E-state index in [1.54, 1.807) is 13.1 Å². The van der Waals surface area contributed by atoms with Crippen molar-refractivity contribution < 1.29 is 9.90 Å². The maximum absolute atomic E-state index is 11.4. The van der Waals surface area contributed by atoms with Crippen LogP contribution in [0.5, 0.6) is 0 Å². The van der Waals surface area contributed by atoms with Crippen LogP contribution in [-0.2, 0) is 0 Å². The van der Waals surface area contributed by atoms with Gasteiger partial charge >= 0.3 is 0 Å². The zero-order valence-electron chi connectivity index (χ0n) is 6.86. The molecule has 0 unspecified atom stereocenters. The molecule has 0 spiro atoms. The highest BCUT2D eigenvalue weighted by atomic mass is 32.1. The van der Waals surface area contributed by atoms with Crippen molar-refractivity contribution in [1.82, 2.24) is 4.90 Å². The first-order chi connectivity index (χ1) is 5.75. The summed E-state index contributed by atoms with van der Waals surface area (Å²) in [6, 6.07) is 3.62. The Labute approximate surface area is 75.2 Å². The van der Waals surface area contributed by atoms with E-state index in [0.717, 1.165) is 0 Å². The van der Waals surface area contributed by atoms with Crippen LogP contribution in [0, 0.1) is 0 Å². The average molecular weight is 185 g/mol. The number of carbonyl (C=O) groups excluding carboxylic acids is 1. The Bertz CT molecular complexity index is 246. The first-order valence-corrected chi connectivity index (χ1v) is 4.53. The number of amides is 1. The van der Waals surface area contributed by atoms with Gasteiger partial charge in [0.25, 0.3) is 5.91 Å². The van der Waals surface area contributed by atoms with Gasteiger partial charge in [0.05, 0.1) is 11.5 Å². The summed E-state index contributed by atoms with van der Waals surface area (Å²) in [6.07, 6.45) is 0. The highest BCUT2D eigenvalue weighted by molar-refractivity contribution is 7.12. The monoisotopic (exact) mass is 185 g/mol. The molecule has 1 aromatic heterocycles. The third-order valence-electron chi connectivity index (χ3n) is 1.51. The second kappa shape index (κ2) is 4.23. The summed E-state index contributed by atoms with van der Waals surface area (Å²) in [7, 11) is 1.68. The summed E-state index contributed by atoms with van der Waals surface area (Å²) in [5.41, 5.74) is 0. The van der Waals surface area contributed by atoms with Crippen LogP contribution >= 0.6 is 11.3 Å². The highest BCUT2D eigenvalue weighted by Crippen LogP contribution is 2.10. The molecule has 1 amide bonds. The molecule has 1 N–H and O–H groups in total. The van der Waals surface area contributed by atoms with E-state index in [2.05, 4.69) is 0 Å². The van der Waals surface area contributed by atoms with E-state index >= 15 is 0 Å². The van der Waals surface area contributed by atoms with Gasteiger partial charge in [0.15, 0.2) is 0 Å². The zero-order chi connectivity index (χ0) is 8.97. The number of rotatable bonds is 3. The lowest BCUT2D eigenvalue weighted by Crippen LogP contribution is -2.28. The van der Waals surface area contributed by atoms with Gasteiger partial charge in [0, 0.05) is 13.6 Å². The fraction of sp³-hybridized carbons (Fsp3) is 0.375. The lowest BCUT2D eigenvalue weighted by Gasteiger charge is -2.13. The first-order valence-electron chi connectivity index (χ1n) is 3.65. The van der Waals surface area contributed by atoms with Crippen molar-refractivity contribution in [2.45, 2.75) is 0 Å². The van der Waals surface area contributed by atoms with Crippen molar-refractivity contribution >= 4 is 17.2 Å². The molecule has 0 saturated heterocycles. The molecule has 1 heterocycles. The molecule has 0 saturated carbocycles. The van der Waals surface area contributed by atoms with Gasteiger partial charge in [0.1, 0.15) is 0 Å².